The molecule has 1 amide bonds. The fourth-order valence-electron chi connectivity index (χ4n) is 5.11. The van der Waals surface area contributed by atoms with Gasteiger partial charge in [0.05, 0.1) is 18.2 Å². The molecule has 2 fully saturated rings. The van der Waals surface area contributed by atoms with Crippen LogP contribution in [-0.4, -0.2) is 41.6 Å². The van der Waals surface area contributed by atoms with Gasteiger partial charge in [0.25, 0.3) is 0 Å². The molecular formula is C23H34N2O3. The average Bonchev–Trinajstić information content (AvgIpc) is 2.64. The minimum Gasteiger partial charge on any atom is -0.487 e. The highest BCUT2D eigenvalue weighted by atomic mass is 16.5. The van der Waals surface area contributed by atoms with Gasteiger partial charge >= 0.3 is 0 Å². The number of nitrogens with two attached hydrogens (primary N) is 1. The van der Waals surface area contributed by atoms with Crippen molar-refractivity contribution in [1.82, 2.24) is 4.90 Å². The van der Waals surface area contributed by atoms with Gasteiger partial charge in [-0.1, -0.05) is 26.0 Å². The van der Waals surface area contributed by atoms with E-state index in [1.54, 1.807) is 0 Å². The van der Waals surface area contributed by atoms with Crippen molar-refractivity contribution >= 4 is 5.91 Å². The lowest BCUT2D eigenvalue weighted by molar-refractivity contribution is -0.189. The van der Waals surface area contributed by atoms with Gasteiger partial charge in [-0.05, 0) is 51.2 Å². The molecule has 5 nitrogen and oxygen atoms in total. The molecule has 3 aliphatic rings. The van der Waals surface area contributed by atoms with E-state index in [1.165, 1.54) is 11.1 Å². The smallest absolute Gasteiger partial charge is 0.239 e. The van der Waals surface area contributed by atoms with Gasteiger partial charge in [0, 0.05) is 30.5 Å². The first-order valence-corrected chi connectivity index (χ1v) is 10.7. The number of hydrogen-bond acceptors (Lipinski definition) is 4. The summed E-state index contributed by atoms with van der Waals surface area (Å²) in [6, 6.07) is 6.01. The predicted octanol–water partition coefficient (Wildman–Crippen LogP) is 3.44. The van der Waals surface area contributed by atoms with Gasteiger partial charge in [0.2, 0.25) is 5.91 Å². The van der Waals surface area contributed by atoms with Crippen LogP contribution in [0.5, 0.6) is 5.75 Å². The molecule has 28 heavy (non-hydrogen) atoms. The van der Waals surface area contributed by atoms with Crippen molar-refractivity contribution in [2.75, 3.05) is 13.1 Å². The van der Waals surface area contributed by atoms with Crippen LogP contribution in [0.15, 0.2) is 18.2 Å². The Balaban J connectivity index is 1.55. The summed E-state index contributed by atoms with van der Waals surface area (Å²) >= 11 is 0. The maximum absolute atomic E-state index is 12.8. The number of likely N-dealkylation sites (tertiary alicyclic amines) is 1. The highest BCUT2D eigenvalue weighted by Crippen LogP contribution is 2.53. The van der Waals surface area contributed by atoms with E-state index in [2.05, 4.69) is 39.0 Å². The van der Waals surface area contributed by atoms with Gasteiger partial charge in [0.15, 0.2) is 0 Å². The first-order chi connectivity index (χ1) is 13.2. The Morgan fingerprint density at radius 3 is 2.79 bits per heavy atom. The van der Waals surface area contributed by atoms with Crippen LogP contribution in [0.2, 0.25) is 0 Å². The monoisotopic (exact) mass is 386 g/mol. The van der Waals surface area contributed by atoms with Crippen LogP contribution in [0.25, 0.3) is 0 Å². The van der Waals surface area contributed by atoms with Gasteiger partial charge in [-0.2, -0.15) is 0 Å². The van der Waals surface area contributed by atoms with E-state index in [-0.39, 0.29) is 35.6 Å². The Bertz CT molecular complexity index is 760. The quantitative estimate of drug-likeness (QED) is 0.846. The third kappa shape index (κ3) is 3.33. The number of amides is 1. The Hall–Kier alpha value is -1.59. The average molecular weight is 387 g/mol. The topological polar surface area (TPSA) is 64.8 Å². The van der Waals surface area contributed by atoms with Crippen LogP contribution in [0.4, 0.5) is 0 Å². The number of piperidine rings is 1. The summed E-state index contributed by atoms with van der Waals surface area (Å²) < 4.78 is 13.1. The molecule has 0 radical (unpaired) electrons. The minimum absolute atomic E-state index is 0.0702. The molecule has 0 aliphatic carbocycles. The van der Waals surface area contributed by atoms with Crippen LogP contribution in [0.1, 0.15) is 57.8 Å². The molecule has 5 atom stereocenters. The Kier molecular flexibility index (Phi) is 4.95. The third-order valence-electron chi connectivity index (χ3n) is 6.96. The SMILES string of the molecule is Cc1ccc2c(c1)OC(C)(C)[C@H]1C[C@@H]3CN(C(=O)[C@H](N)C(C)C)CC[C@@H]3O[C@H]21. The second-order valence-corrected chi connectivity index (χ2v) is 9.79. The van der Waals surface area contributed by atoms with Crippen molar-refractivity contribution in [3.8, 4) is 5.75 Å². The zero-order valence-electron chi connectivity index (χ0n) is 17.8. The lowest BCUT2D eigenvalue weighted by Crippen LogP contribution is -2.58. The van der Waals surface area contributed by atoms with Crippen molar-refractivity contribution in [3.05, 3.63) is 29.3 Å². The molecule has 5 heteroatoms. The maximum Gasteiger partial charge on any atom is 0.239 e. The number of benzene rings is 1. The summed E-state index contributed by atoms with van der Waals surface area (Å²) in [5, 5.41) is 0. The zero-order valence-corrected chi connectivity index (χ0v) is 17.8. The molecule has 1 aromatic carbocycles. The maximum atomic E-state index is 12.8. The Morgan fingerprint density at radius 2 is 2.07 bits per heavy atom. The number of ether oxygens (including phenoxy) is 2. The van der Waals surface area contributed by atoms with Gasteiger partial charge in [0.1, 0.15) is 11.4 Å². The summed E-state index contributed by atoms with van der Waals surface area (Å²) in [5.41, 5.74) is 8.21. The molecule has 3 heterocycles. The second kappa shape index (κ2) is 7.03. The van der Waals surface area contributed by atoms with Crippen LogP contribution in [-0.2, 0) is 9.53 Å². The van der Waals surface area contributed by atoms with Gasteiger partial charge in [-0.15, -0.1) is 0 Å². The third-order valence-corrected chi connectivity index (χ3v) is 6.96. The highest BCUT2D eigenvalue weighted by molar-refractivity contribution is 5.82. The van der Waals surface area contributed by atoms with Crippen molar-refractivity contribution < 1.29 is 14.3 Å². The summed E-state index contributed by atoms with van der Waals surface area (Å²) in [7, 11) is 0. The number of carbonyl (C=O) groups excluding carboxylic acids is 1. The number of carbonyl (C=O) groups is 1. The first kappa shape index (κ1) is 19.7. The summed E-state index contributed by atoms with van der Waals surface area (Å²) in [6.07, 6.45) is 2.16. The van der Waals surface area contributed by atoms with E-state index in [0.29, 0.717) is 5.92 Å². The molecule has 2 saturated heterocycles. The van der Waals surface area contributed by atoms with Gasteiger partial charge in [-0.3, -0.25) is 4.79 Å². The highest BCUT2D eigenvalue weighted by Gasteiger charge is 2.51. The number of aryl methyl sites for hydroxylation is 1. The van der Waals surface area contributed by atoms with Crippen molar-refractivity contribution in [2.45, 2.75) is 71.3 Å². The number of rotatable bonds is 2. The number of nitrogens with zero attached hydrogens (tertiary/aromatic N) is 1. The van der Waals surface area contributed by atoms with Crippen molar-refractivity contribution in [3.63, 3.8) is 0 Å². The molecule has 2 N–H and O–H groups in total. The summed E-state index contributed by atoms with van der Waals surface area (Å²) in [4.78, 5) is 14.7. The predicted molar refractivity (Wildman–Crippen MR) is 109 cm³/mol. The fraction of sp³-hybridized carbons (Fsp3) is 0.696. The van der Waals surface area contributed by atoms with E-state index in [4.69, 9.17) is 15.2 Å². The van der Waals surface area contributed by atoms with Gasteiger partial charge in [-0.25, -0.2) is 0 Å². The summed E-state index contributed by atoms with van der Waals surface area (Å²) in [5.74, 6) is 1.81. The van der Waals surface area contributed by atoms with E-state index in [1.807, 2.05) is 18.7 Å². The second-order valence-electron chi connectivity index (χ2n) is 9.79. The fourth-order valence-corrected chi connectivity index (χ4v) is 5.11. The molecule has 0 spiro atoms. The van der Waals surface area contributed by atoms with Crippen LogP contribution in [0.3, 0.4) is 0 Å². The largest absolute Gasteiger partial charge is 0.487 e. The molecular weight excluding hydrogens is 352 g/mol. The molecule has 0 aromatic heterocycles. The summed E-state index contributed by atoms with van der Waals surface area (Å²) in [6.45, 7) is 11.9. The van der Waals surface area contributed by atoms with Crippen molar-refractivity contribution in [2.24, 2.45) is 23.5 Å². The van der Waals surface area contributed by atoms with Crippen LogP contribution < -0.4 is 10.5 Å². The molecule has 1 aromatic rings. The molecule has 0 saturated carbocycles. The first-order valence-electron chi connectivity index (χ1n) is 10.7. The van der Waals surface area contributed by atoms with E-state index in [0.717, 1.165) is 31.7 Å². The normalized spacial score (nSPS) is 32.0. The van der Waals surface area contributed by atoms with E-state index in [9.17, 15) is 4.79 Å². The standard InChI is InChI=1S/C23H34N2O3/c1-13(2)20(24)22(26)25-9-8-18-15(12-25)11-17-21(27-18)16-7-6-14(3)10-19(16)28-23(17,4)5/h6-7,10,13,15,17-18,20-21H,8-9,11-12,24H2,1-5H3/t15-,17+,18+,20-,21-/m1/s1. The zero-order chi connectivity index (χ0) is 20.2. The molecule has 3 aliphatic heterocycles. The number of hydrogen-bond donors (Lipinski definition) is 1. The molecule has 4 rings (SSSR count). The van der Waals surface area contributed by atoms with Crippen LogP contribution >= 0.6 is 0 Å². The Morgan fingerprint density at radius 1 is 1.32 bits per heavy atom. The van der Waals surface area contributed by atoms with Gasteiger partial charge < -0.3 is 20.1 Å². The molecule has 0 bridgehead atoms. The Labute approximate surface area is 168 Å². The van der Waals surface area contributed by atoms with E-state index >= 15 is 0 Å². The lowest BCUT2D eigenvalue weighted by Gasteiger charge is -2.53. The lowest BCUT2D eigenvalue weighted by atomic mass is 9.70. The minimum atomic E-state index is -0.418. The van der Waals surface area contributed by atoms with E-state index < -0.39 is 6.04 Å². The van der Waals surface area contributed by atoms with Crippen molar-refractivity contribution in [1.29, 1.82) is 0 Å². The molecule has 0 unspecified atom stereocenters. The number of fused-ring (bicyclic) bond motifs is 4. The van der Waals surface area contributed by atoms with Crippen LogP contribution in [0, 0.1) is 24.7 Å². The molecule has 154 valence electrons.